The van der Waals surface area contributed by atoms with Gasteiger partial charge in [-0.15, -0.1) is 0 Å². The highest BCUT2D eigenvalue weighted by Crippen LogP contribution is 2.25. The van der Waals surface area contributed by atoms with Crippen LogP contribution in [-0.4, -0.2) is 35.4 Å². The van der Waals surface area contributed by atoms with E-state index in [1.165, 1.54) is 22.0 Å². The molecule has 0 saturated heterocycles. The quantitative estimate of drug-likeness (QED) is 0.742. The molecule has 2 N–H and O–H groups in total. The zero-order valence-electron chi connectivity index (χ0n) is 14.8. The summed E-state index contributed by atoms with van der Waals surface area (Å²) in [5.74, 6) is 0.773. The van der Waals surface area contributed by atoms with Gasteiger partial charge in [-0.3, -0.25) is 19.3 Å². The van der Waals surface area contributed by atoms with E-state index in [2.05, 4.69) is 25.5 Å². The number of hydrogen-bond acceptors (Lipinski definition) is 5. The topological polar surface area (TPSA) is 110 Å². The van der Waals surface area contributed by atoms with Crippen molar-refractivity contribution in [2.24, 2.45) is 13.0 Å². The van der Waals surface area contributed by atoms with Crippen LogP contribution in [0.5, 0.6) is 0 Å². The highest BCUT2D eigenvalue weighted by atomic mass is 16.2. The third kappa shape index (κ3) is 2.89. The van der Waals surface area contributed by atoms with Gasteiger partial charge in [0, 0.05) is 19.0 Å². The van der Waals surface area contributed by atoms with Crippen LogP contribution in [0.4, 0.5) is 5.82 Å². The fourth-order valence-corrected chi connectivity index (χ4v) is 3.46. The summed E-state index contributed by atoms with van der Waals surface area (Å²) in [7, 11) is 1.72. The van der Waals surface area contributed by atoms with E-state index in [4.69, 9.17) is 0 Å². The molecule has 3 aromatic heterocycles. The molecule has 0 aliphatic heterocycles. The minimum absolute atomic E-state index is 0.00481. The maximum absolute atomic E-state index is 12.6. The predicted molar refractivity (Wildman–Crippen MR) is 96.2 cm³/mol. The van der Waals surface area contributed by atoms with Crippen LogP contribution < -0.4 is 10.9 Å². The molecule has 1 saturated carbocycles. The van der Waals surface area contributed by atoms with Crippen LogP contribution in [-0.2, 0) is 11.8 Å². The molecule has 9 nitrogen and oxygen atoms in total. The van der Waals surface area contributed by atoms with Crippen molar-refractivity contribution in [1.82, 2.24) is 29.5 Å². The Kier molecular flexibility index (Phi) is 4.06. The average Bonchev–Trinajstić information content (AvgIpc) is 3.19. The van der Waals surface area contributed by atoms with Crippen molar-refractivity contribution >= 4 is 22.8 Å². The van der Waals surface area contributed by atoms with Gasteiger partial charge in [0.1, 0.15) is 11.2 Å². The van der Waals surface area contributed by atoms with E-state index >= 15 is 0 Å². The normalized spacial score (nSPS) is 15.5. The third-order valence-electron chi connectivity index (χ3n) is 4.85. The number of nitrogens with zero attached hydrogens (tertiary/aromatic N) is 5. The summed E-state index contributed by atoms with van der Waals surface area (Å²) in [5, 5.41) is 11.8. The Morgan fingerprint density at radius 2 is 2.08 bits per heavy atom. The first-order valence-electron chi connectivity index (χ1n) is 8.83. The molecule has 0 aromatic carbocycles. The number of rotatable bonds is 3. The first-order chi connectivity index (χ1) is 12.5. The lowest BCUT2D eigenvalue weighted by Gasteiger charge is -2.20. The van der Waals surface area contributed by atoms with E-state index in [1.54, 1.807) is 13.1 Å². The van der Waals surface area contributed by atoms with E-state index in [1.807, 2.05) is 6.92 Å². The standard InChI is InChI=1S/C17H21N7O2/c1-10-8-13(19-15(25)11-6-4-3-5-7-11)24(22-10)17-20-14-12(16(26)21-17)9-18-23(14)2/h8-9,11H,3-7H2,1-2H3,(H,19,25)(H,20,21,26). The Balaban J connectivity index is 1.70. The van der Waals surface area contributed by atoms with E-state index in [0.717, 1.165) is 31.4 Å². The molecular formula is C17H21N7O2. The van der Waals surface area contributed by atoms with Crippen molar-refractivity contribution in [2.75, 3.05) is 5.32 Å². The zero-order valence-corrected chi connectivity index (χ0v) is 14.8. The fourth-order valence-electron chi connectivity index (χ4n) is 3.46. The number of amides is 1. The summed E-state index contributed by atoms with van der Waals surface area (Å²) in [6.45, 7) is 1.83. The van der Waals surface area contributed by atoms with E-state index in [9.17, 15) is 9.59 Å². The molecule has 0 unspecified atom stereocenters. The Morgan fingerprint density at radius 3 is 2.85 bits per heavy atom. The Hall–Kier alpha value is -2.97. The van der Waals surface area contributed by atoms with Crippen molar-refractivity contribution in [3.63, 3.8) is 0 Å². The van der Waals surface area contributed by atoms with Crippen LogP contribution in [0, 0.1) is 12.8 Å². The summed E-state index contributed by atoms with van der Waals surface area (Å²) in [6.07, 6.45) is 6.66. The number of anilines is 1. The number of aryl methyl sites for hydroxylation is 2. The SMILES string of the molecule is Cc1cc(NC(=O)C2CCCCC2)n(-c2nc3c(cnn3C)c(=O)[nH]2)n1. The van der Waals surface area contributed by atoms with E-state index in [-0.39, 0.29) is 23.3 Å². The van der Waals surface area contributed by atoms with Crippen molar-refractivity contribution < 1.29 is 4.79 Å². The van der Waals surface area contributed by atoms with Gasteiger partial charge in [0.15, 0.2) is 5.65 Å². The molecular weight excluding hydrogens is 334 g/mol. The fraction of sp³-hybridized carbons (Fsp3) is 0.471. The van der Waals surface area contributed by atoms with Gasteiger partial charge >= 0.3 is 0 Å². The van der Waals surface area contributed by atoms with Gasteiger partial charge in [-0.2, -0.15) is 19.9 Å². The summed E-state index contributed by atoms with van der Waals surface area (Å²) in [6, 6.07) is 1.77. The minimum Gasteiger partial charge on any atom is -0.310 e. The number of aromatic nitrogens is 6. The maximum atomic E-state index is 12.6. The highest BCUT2D eigenvalue weighted by molar-refractivity contribution is 5.92. The molecule has 9 heteroatoms. The summed E-state index contributed by atoms with van der Waals surface area (Å²) >= 11 is 0. The van der Waals surface area contributed by atoms with Gasteiger partial charge in [-0.25, -0.2) is 0 Å². The van der Waals surface area contributed by atoms with Crippen LogP contribution in [0.1, 0.15) is 37.8 Å². The molecule has 4 rings (SSSR count). The number of carbonyl (C=O) groups is 1. The second-order valence-corrected chi connectivity index (χ2v) is 6.80. The van der Waals surface area contributed by atoms with Crippen molar-refractivity contribution in [3.8, 4) is 5.95 Å². The minimum atomic E-state index is -0.296. The average molecular weight is 355 g/mol. The Morgan fingerprint density at radius 1 is 1.31 bits per heavy atom. The Labute approximate surface area is 149 Å². The summed E-state index contributed by atoms with van der Waals surface area (Å²) < 4.78 is 2.99. The second kappa shape index (κ2) is 6.40. The number of H-pyrrole nitrogens is 1. The molecule has 1 aliphatic rings. The first kappa shape index (κ1) is 16.5. The van der Waals surface area contributed by atoms with E-state index < -0.39 is 0 Å². The molecule has 0 atom stereocenters. The predicted octanol–water partition coefficient (Wildman–Crippen LogP) is 1.67. The largest absolute Gasteiger partial charge is 0.310 e. The molecule has 0 radical (unpaired) electrons. The number of hydrogen-bond donors (Lipinski definition) is 2. The third-order valence-corrected chi connectivity index (χ3v) is 4.85. The monoisotopic (exact) mass is 355 g/mol. The van der Waals surface area contributed by atoms with E-state index in [0.29, 0.717) is 16.9 Å². The summed E-state index contributed by atoms with van der Waals surface area (Å²) in [4.78, 5) is 32.1. The molecule has 0 bridgehead atoms. The van der Waals surface area contributed by atoms with Crippen LogP contribution in [0.25, 0.3) is 17.0 Å². The molecule has 1 fully saturated rings. The van der Waals surface area contributed by atoms with Crippen LogP contribution in [0.2, 0.25) is 0 Å². The van der Waals surface area contributed by atoms with Crippen molar-refractivity contribution in [1.29, 1.82) is 0 Å². The molecule has 0 spiro atoms. The lowest BCUT2D eigenvalue weighted by atomic mass is 9.89. The number of carbonyl (C=O) groups excluding carboxylic acids is 1. The first-order valence-corrected chi connectivity index (χ1v) is 8.83. The van der Waals surface area contributed by atoms with Crippen LogP contribution >= 0.6 is 0 Å². The smallest absolute Gasteiger partial charge is 0.263 e. The second-order valence-electron chi connectivity index (χ2n) is 6.80. The molecule has 136 valence electrons. The molecule has 26 heavy (non-hydrogen) atoms. The molecule has 1 amide bonds. The lowest BCUT2D eigenvalue weighted by molar-refractivity contribution is -0.120. The number of fused-ring (bicyclic) bond motifs is 1. The van der Waals surface area contributed by atoms with Gasteiger partial charge in [-0.1, -0.05) is 19.3 Å². The molecule has 3 aromatic rings. The zero-order chi connectivity index (χ0) is 18.3. The summed E-state index contributed by atoms with van der Waals surface area (Å²) in [5.41, 5.74) is 0.883. The maximum Gasteiger partial charge on any atom is 0.263 e. The van der Waals surface area contributed by atoms with Crippen LogP contribution in [0.3, 0.4) is 0 Å². The van der Waals surface area contributed by atoms with Gasteiger partial charge in [0.05, 0.1) is 11.9 Å². The lowest BCUT2D eigenvalue weighted by Crippen LogP contribution is -2.26. The Bertz CT molecular complexity index is 1020. The van der Waals surface area contributed by atoms with Gasteiger partial charge in [0.2, 0.25) is 11.9 Å². The van der Waals surface area contributed by atoms with Crippen LogP contribution in [0.15, 0.2) is 17.1 Å². The number of nitrogens with one attached hydrogen (secondary N) is 2. The highest BCUT2D eigenvalue weighted by Gasteiger charge is 2.23. The van der Waals surface area contributed by atoms with Crippen molar-refractivity contribution in [2.45, 2.75) is 39.0 Å². The van der Waals surface area contributed by atoms with Gasteiger partial charge in [-0.05, 0) is 19.8 Å². The van der Waals surface area contributed by atoms with Gasteiger partial charge in [0.25, 0.3) is 5.56 Å². The molecule has 1 aliphatic carbocycles. The van der Waals surface area contributed by atoms with Crippen molar-refractivity contribution in [3.05, 3.63) is 28.3 Å². The molecule has 3 heterocycles. The van der Waals surface area contributed by atoms with Gasteiger partial charge < -0.3 is 5.32 Å². The number of aromatic amines is 1.